The minimum Gasteiger partial charge on any atom is -0.167 e. The molecule has 1 unspecified atom stereocenters. The molecule has 105 valence electrons. The van der Waals surface area contributed by atoms with E-state index in [4.69, 9.17) is 0 Å². The van der Waals surface area contributed by atoms with E-state index in [2.05, 4.69) is 6.07 Å². The third-order valence-electron chi connectivity index (χ3n) is 3.38. The first kappa shape index (κ1) is 14.7. The lowest BCUT2D eigenvalue weighted by molar-refractivity contribution is -0.595. The van der Waals surface area contributed by atoms with E-state index < -0.39 is 5.54 Å². The molecule has 1 atom stereocenters. The van der Waals surface area contributed by atoms with Crippen molar-refractivity contribution in [2.75, 3.05) is 0 Å². The van der Waals surface area contributed by atoms with Gasteiger partial charge < -0.3 is 0 Å². The number of hydroxylamine groups is 2. The molecule has 2 aromatic rings. The van der Waals surface area contributed by atoms with Crippen LogP contribution in [0.3, 0.4) is 0 Å². The first-order valence-electron chi connectivity index (χ1n) is 6.93. The molecule has 0 aliphatic heterocycles. The quantitative estimate of drug-likeness (QED) is 0.619. The third kappa shape index (κ3) is 3.24. The monoisotopic (exact) mass is 270 g/mol. The second-order valence-corrected chi connectivity index (χ2v) is 6.05. The first-order chi connectivity index (χ1) is 9.39. The Morgan fingerprint density at radius 1 is 1.05 bits per heavy atom. The van der Waals surface area contributed by atoms with Crippen molar-refractivity contribution in [1.82, 2.24) is 5.06 Å². The van der Waals surface area contributed by atoms with Crippen LogP contribution in [0.2, 0.25) is 0 Å². The maximum absolute atomic E-state index is 12.3. The van der Waals surface area contributed by atoms with Gasteiger partial charge in [0.05, 0.1) is 6.04 Å². The molecule has 20 heavy (non-hydrogen) atoms. The molecule has 0 saturated heterocycles. The molecule has 0 N–H and O–H groups in total. The molecular formula is C17H22N2O+. The van der Waals surface area contributed by atoms with Gasteiger partial charge >= 0.3 is 0 Å². The summed E-state index contributed by atoms with van der Waals surface area (Å²) in [6.07, 6.45) is 4.00. The summed E-state index contributed by atoms with van der Waals surface area (Å²) in [4.78, 5) is 0. The van der Waals surface area contributed by atoms with Crippen LogP contribution in [0.4, 0.5) is 0 Å². The standard InChI is InChI=1S/C17H22N2O/c1-14(19(20)17(2,3)4)15-9-8-10-16(13-15)18-11-6-5-7-12-18/h5-14H,1-4H3/q+1. The lowest BCUT2D eigenvalue weighted by Gasteiger charge is -2.32. The minimum atomic E-state index is -0.394. The highest BCUT2D eigenvalue weighted by Gasteiger charge is 2.27. The summed E-state index contributed by atoms with van der Waals surface area (Å²) in [5, 5.41) is 13.5. The minimum absolute atomic E-state index is 0.167. The van der Waals surface area contributed by atoms with E-state index in [1.807, 2.05) is 81.1 Å². The SMILES string of the molecule is CC(c1cccc(-[n+]2ccccc2)c1)N([O])C(C)(C)C. The van der Waals surface area contributed by atoms with Crippen molar-refractivity contribution in [2.24, 2.45) is 0 Å². The van der Waals surface area contributed by atoms with Crippen LogP contribution in [-0.4, -0.2) is 10.6 Å². The molecule has 3 heteroatoms. The van der Waals surface area contributed by atoms with E-state index in [-0.39, 0.29) is 6.04 Å². The summed E-state index contributed by atoms with van der Waals surface area (Å²) in [7, 11) is 0. The Hall–Kier alpha value is -1.71. The number of aromatic nitrogens is 1. The molecule has 0 aliphatic rings. The van der Waals surface area contributed by atoms with E-state index in [9.17, 15) is 5.21 Å². The molecule has 0 spiro atoms. The molecule has 1 aromatic heterocycles. The lowest BCUT2D eigenvalue weighted by Crippen LogP contribution is -2.39. The number of nitrogens with zero attached hydrogens (tertiary/aromatic N) is 2. The number of hydrogen-bond acceptors (Lipinski definition) is 1. The summed E-state index contributed by atoms with van der Waals surface area (Å²) in [6, 6.07) is 13.9. The topological polar surface area (TPSA) is 27.0 Å². The van der Waals surface area contributed by atoms with Crippen molar-refractivity contribution < 1.29 is 9.77 Å². The zero-order valence-corrected chi connectivity index (χ0v) is 12.6. The Balaban J connectivity index is 2.31. The molecule has 1 aromatic carbocycles. The number of hydrogen-bond donors (Lipinski definition) is 0. The van der Waals surface area contributed by atoms with Crippen LogP contribution in [-0.2, 0) is 5.21 Å². The second-order valence-electron chi connectivity index (χ2n) is 6.05. The van der Waals surface area contributed by atoms with Crippen molar-refractivity contribution >= 4 is 0 Å². The molecule has 0 amide bonds. The molecule has 0 fully saturated rings. The van der Waals surface area contributed by atoms with E-state index in [0.717, 1.165) is 16.3 Å². The maximum atomic E-state index is 12.3. The highest BCUT2D eigenvalue weighted by atomic mass is 16.5. The van der Waals surface area contributed by atoms with Crippen molar-refractivity contribution in [2.45, 2.75) is 39.3 Å². The Morgan fingerprint density at radius 2 is 1.70 bits per heavy atom. The van der Waals surface area contributed by atoms with Crippen LogP contribution in [0.15, 0.2) is 54.9 Å². The van der Waals surface area contributed by atoms with Crippen molar-refractivity contribution in [3.8, 4) is 5.69 Å². The van der Waals surface area contributed by atoms with Gasteiger partial charge in [-0.3, -0.25) is 0 Å². The fraction of sp³-hybridized carbons (Fsp3) is 0.353. The predicted octanol–water partition coefficient (Wildman–Crippen LogP) is 3.47. The summed E-state index contributed by atoms with van der Waals surface area (Å²) in [5.41, 5.74) is 1.70. The Kier molecular flexibility index (Phi) is 4.21. The molecule has 2 rings (SSSR count). The maximum Gasteiger partial charge on any atom is 0.210 e. The van der Waals surface area contributed by atoms with Gasteiger partial charge in [0.2, 0.25) is 5.69 Å². The summed E-state index contributed by atoms with van der Waals surface area (Å²) >= 11 is 0. The summed E-state index contributed by atoms with van der Waals surface area (Å²) in [5.74, 6) is 0. The lowest BCUT2D eigenvalue weighted by atomic mass is 10.0. The van der Waals surface area contributed by atoms with E-state index in [1.54, 1.807) is 0 Å². The fourth-order valence-electron chi connectivity index (χ4n) is 2.23. The van der Waals surface area contributed by atoms with Gasteiger partial charge in [0.1, 0.15) is 0 Å². The van der Waals surface area contributed by atoms with Gasteiger partial charge in [0.15, 0.2) is 12.4 Å². The van der Waals surface area contributed by atoms with Crippen LogP contribution in [0.5, 0.6) is 0 Å². The average molecular weight is 270 g/mol. The molecule has 3 nitrogen and oxygen atoms in total. The summed E-state index contributed by atoms with van der Waals surface area (Å²) in [6.45, 7) is 7.76. The average Bonchev–Trinajstić information content (AvgIpc) is 2.46. The first-order valence-corrected chi connectivity index (χ1v) is 6.93. The molecule has 0 bridgehead atoms. The fourth-order valence-corrected chi connectivity index (χ4v) is 2.23. The van der Waals surface area contributed by atoms with E-state index in [1.165, 1.54) is 0 Å². The molecule has 1 heterocycles. The van der Waals surface area contributed by atoms with E-state index >= 15 is 0 Å². The molecule has 0 saturated carbocycles. The van der Waals surface area contributed by atoms with Gasteiger partial charge in [0, 0.05) is 29.8 Å². The van der Waals surface area contributed by atoms with Crippen molar-refractivity contribution in [3.63, 3.8) is 0 Å². The van der Waals surface area contributed by atoms with Gasteiger partial charge in [-0.15, -0.1) is 10.3 Å². The highest BCUT2D eigenvalue weighted by molar-refractivity contribution is 5.30. The van der Waals surface area contributed by atoms with Gasteiger partial charge in [-0.25, -0.2) is 0 Å². The van der Waals surface area contributed by atoms with Crippen LogP contribution in [0, 0.1) is 0 Å². The second kappa shape index (κ2) is 5.73. The van der Waals surface area contributed by atoms with E-state index in [0.29, 0.717) is 0 Å². The van der Waals surface area contributed by atoms with Gasteiger partial charge in [0.25, 0.3) is 0 Å². The predicted molar refractivity (Wildman–Crippen MR) is 78.7 cm³/mol. The van der Waals surface area contributed by atoms with Gasteiger partial charge in [-0.1, -0.05) is 18.2 Å². The van der Waals surface area contributed by atoms with Crippen molar-refractivity contribution in [3.05, 3.63) is 60.4 Å². The van der Waals surface area contributed by atoms with Crippen molar-refractivity contribution in [1.29, 1.82) is 0 Å². The third-order valence-corrected chi connectivity index (χ3v) is 3.38. The number of rotatable bonds is 3. The van der Waals surface area contributed by atoms with Crippen LogP contribution in [0.25, 0.3) is 5.69 Å². The molecule has 0 aliphatic carbocycles. The number of pyridine rings is 1. The van der Waals surface area contributed by atoms with Crippen LogP contribution in [0.1, 0.15) is 39.3 Å². The zero-order chi connectivity index (χ0) is 14.8. The Morgan fingerprint density at radius 3 is 2.30 bits per heavy atom. The van der Waals surface area contributed by atoms with Gasteiger partial charge in [-0.05, 0) is 33.3 Å². The summed E-state index contributed by atoms with van der Waals surface area (Å²) < 4.78 is 2.04. The van der Waals surface area contributed by atoms with Gasteiger partial charge in [-0.2, -0.15) is 4.57 Å². The Bertz CT molecular complexity index is 561. The highest BCUT2D eigenvalue weighted by Crippen LogP contribution is 2.26. The Labute approximate surface area is 121 Å². The smallest absolute Gasteiger partial charge is 0.167 e. The largest absolute Gasteiger partial charge is 0.210 e. The zero-order valence-electron chi connectivity index (χ0n) is 12.6. The molecular weight excluding hydrogens is 248 g/mol. The van der Waals surface area contributed by atoms with Crippen LogP contribution < -0.4 is 4.57 Å². The van der Waals surface area contributed by atoms with Crippen LogP contribution >= 0.6 is 0 Å². The normalized spacial score (nSPS) is 13.5. The number of benzene rings is 1. The molecule has 1 radical (unpaired) electrons.